The first-order chi connectivity index (χ1) is 14.8. The zero-order valence-electron chi connectivity index (χ0n) is 17.4. The van der Waals surface area contributed by atoms with Crippen molar-refractivity contribution in [3.63, 3.8) is 0 Å². The summed E-state index contributed by atoms with van der Waals surface area (Å²) in [5.74, 6) is -0.431. The van der Waals surface area contributed by atoms with E-state index in [1.165, 1.54) is 11.8 Å². The third kappa shape index (κ3) is 5.80. The molecule has 2 aromatic rings. The Balaban J connectivity index is 1.77. The lowest BCUT2D eigenvalue weighted by Crippen LogP contribution is -2.35. The molecule has 0 spiro atoms. The average Bonchev–Trinajstić information content (AvgIpc) is 3.01. The van der Waals surface area contributed by atoms with Crippen molar-refractivity contribution in [2.75, 3.05) is 25.6 Å². The maximum atomic E-state index is 13.0. The van der Waals surface area contributed by atoms with Crippen LogP contribution in [-0.4, -0.2) is 47.4 Å². The Morgan fingerprint density at radius 3 is 2.71 bits per heavy atom. The summed E-state index contributed by atoms with van der Waals surface area (Å²) >= 11 is 13.6. The number of hydrogen-bond donors (Lipinski definition) is 1. The standard InChI is InChI=1S/C22H23Cl2N3O3S/c1-13-7-8-15(11-17(13)24)25-22-27(9-10-30-3)21(29)19(31-22)12-20(28)26-18-6-4-5-16(23)14(18)2/h4-8,11,19H,9-10,12H2,1-3H3,(H,26,28). The predicted molar refractivity (Wildman–Crippen MR) is 128 cm³/mol. The van der Waals surface area contributed by atoms with Crippen LogP contribution in [0.5, 0.6) is 0 Å². The molecule has 2 amide bonds. The van der Waals surface area contributed by atoms with Crippen molar-refractivity contribution < 1.29 is 14.3 Å². The molecule has 0 aromatic heterocycles. The van der Waals surface area contributed by atoms with Gasteiger partial charge in [-0.25, -0.2) is 4.99 Å². The van der Waals surface area contributed by atoms with Gasteiger partial charge in [0.2, 0.25) is 11.8 Å². The van der Waals surface area contributed by atoms with E-state index in [9.17, 15) is 9.59 Å². The first-order valence-electron chi connectivity index (χ1n) is 9.67. The number of thioether (sulfide) groups is 1. The summed E-state index contributed by atoms with van der Waals surface area (Å²) in [6, 6.07) is 10.8. The van der Waals surface area contributed by atoms with Crippen LogP contribution in [-0.2, 0) is 14.3 Å². The van der Waals surface area contributed by atoms with E-state index in [1.807, 2.05) is 26.0 Å². The van der Waals surface area contributed by atoms with Crippen molar-refractivity contribution in [3.05, 3.63) is 57.6 Å². The van der Waals surface area contributed by atoms with Gasteiger partial charge < -0.3 is 10.1 Å². The molecule has 1 atom stereocenters. The minimum absolute atomic E-state index is 0.0204. The van der Waals surface area contributed by atoms with Gasteiger partial charge >= 0.3 is 0 Å². The molecule has 2 aromatic carbocycles. The largest absolute Gasteiger partial charge is 0.383 e. The molecule has 0 saturated carbocycles. The third-order valence-corrected chi connectivity index (χ3v) is 6.82. The topological polar surface area (TPSA) is 71.0 Å². The van der Waals surface area contributed by atoms with Gasteiger partial charge in [0, 0.05) is 29.3 Å². The van der Waals surface area contributed by atoms with Crippen molar-refractivity contribution in [3.8, 4) is 0 Å². The number of ether oxygens (including phenoxy) is 1. The van der Waals surface area contributed by atoms with Gasteiger partial charge in [0.15, 0.2) is 5.17 Å². The number of halogens is 2. The summed E-state index contributed by atoms with van der Waals surface area (Å²) in [5.41, 5.74) is 3.01. The van der Waals surface area contributed by atoms with Crippen LogP contribution in [0.15, 0.2) is 41.4 Å². The maximum Gasteiger partial charge on any atom is 0.242 e. The molecule has 1 unspecified atom stereocenters. The Morgan fingerprint density at radius 2 is 2.00 bits per heavy atom. The Hall–Kier alpha value is -2.06. The SMILES string of the molecule is COCCN1C(=O)C(CC(=O)Nc2cccc(Cl)c2C)SC1=Nc1ccc(C)c(Cl)c1. The highest BCUT2D eigenvalue weighted by Gasteiger charge is 2.39. The van der Waals surface area contributed by atoms with E-state index in [0.29, 0.717) is 39.7 Å². The molecule has 0 radical (unpaired) electrons. The van der Waals surface area contributed by atoms with Crippen molar-refractivity contribution in [2.45, 2.75) is 25.5 Å². The van der Waals surface area contributed by atoms with Crippen LogP contribution in [0.1, 0.15) is 17.5 Å². The second-order valence-corrected chi connectivity index (χ2v) is 9.07. The number of hydrogen-bond acceptors (Lipinski definition) is 5. The molecule has 1 heterocycles. The van der Waals surface area contributed by atoms with Gasteiger partial charge in [-0.15, -0.1) is 0 Å². The number of aryl methyl sites for hydroxylation is 1. The van der Waals surface area contributed by atoms with Crippen LogP contribution >= 0.6 is 35.0 Å². The highest BCUT2D eigenvalue weighted by Crippen LogP contribution is 2.33. The fourth-order valence-electron chi connectivity index (χ4n) is 2.99. The molecule has 1 N–H and O–H groups in total. The number of carbonyl (C=O) groups excluding carboxylic acids is 2. The molecule has 1 aliphatic heterocycles. The number of amidine groups is 1. The number of anilines is 1. The van der Waals surface area contributed by atoms with Gasteiger partial charge in [0.1, 0.15) is 5.25 Å². The van der Waals surface area contributed by atoms with E-state index >= 15 is 0 Å². The van der Waals surface area contributed by atoms with E-state index in [4.69, 9.17) is 27.9 Å². The minimum atomic E-state index is -0.573. The quantitative estimate of drug-likeness (QED) is 0.590. The monoisotopic (exact) mass is 479 g/mol. The summed E-state index contributed by atoms with van der Waals surface area (Å²) in [6.45, 7) is 4.46. The van der Waals surface area contributed by atoms with Crippen molar-refractivity contribution >= 4 is 63.3 Å². The lowest BCUT2D eigenvalue weighted by atomic mass is 10.2. The Bertz CT molecular complexity index is 1030. The second-order valence-electron chi connectivity index (χ2n) is 7.08. The summed E-state index contributed by atoms with van der Waals surface area (Å²) in [7, 11) is 1.57. The molecule has 164 valence electrons. The predicted octanol–water partition coefficient (Wildman–Crippen LogP) is 5.22. The zero-order valence-corrected chi connectivity index (χ0v) is 19.8. The number of amides is 2. The van der Waals surface area contributed by atoms with Gasteiger partial charge in [-0.3, -0.25) is 14.5 Å². The molecule has 3 rings (SSSR count). The summed E-state index contributed by atoms with van der Waals surface area (Å²) in [6.07, 6.45) is 0.0204. The zero-order chi connectivity index (χ0) is 22.5. The first kappa shape index (κ1) is 23.6. The van der Waals surface area contributed by atoms with E-state index < -0.39 is 5.25 Å². The maximum absolute atomic E-state index is 13.0. The van der Waals surface area contributed by atoms with E-state index in [-0.39, 0.29) is 18.2 Å². The molecule has 1 fully saturated rings. The van der Waals surface area contributed by atoms with E-state index in [2.05, 4.69) is 10.3 Å². The van der Waals surface area contributed by atoms with Crippen LogP contribution < -0.4 is 5.32 Å². The minimum Gasteiger partial charge on any atom is -0.383 e. The van der Waals surface area contributed by atoms with Gasteiger partial charge in [-0.05, 0) is 49.2 Å². The molecule has 1 aliphatic rings. The molecule has 9 heteroatoms. The highest BCUT2D eigenvalue weighted by molar-refractivity contribution is 8.15. The van der Waals surface area contributed by atoms with Crippen LogP contribution in [0.2, 0.25) is 10.0 Å². The smallest absolute Gasteiger partial charge is 0.242 e. The van der Waals surface area contributed by atoms with Crippen molar-refractivity contribution in [2.24, 2.45) is 4.99 Å². The molecule has 0 bridgehead atoms. The van der Waals surface area contributed by atoms with Gasteiger partial charge in [0.05, 0.1) is 18.8 Å². The number of nitrogens with zero attached hydrogens (tertiary/aromatic N) is 2. The molecule has 0 aliphatic carbocycles. The average molecular weight is 480 g/mol. The fraction of sp³-hybridized carbons (Fsp3) is 0.318. The van der Waals surface area contributed by atoms with Gasteiger partial charge in [-0.2, -0.15) is 0 Å². The van der Waals surface area contributed by atoms with Crippen LogP contribution in [0, 0.1) is 13.8 Å². The number of nitrogens with one attached hydrogen (secondary N) is 1. The van der Waals surface area contributed by atoms with Gasteiger partial charge in [-0.1, -0.05) is 47.1 Å². The Kier molecular flexibility index (Phi) is 8.00. The number of carbonyl (C=O) groups is 2. The fourth-order valence-corrected chi connectivity index (χ4v) is 4.52. The first-order valence-corrected chi connectivity index (χ1v) is 11.3. The van der Waals surface area contributed by atoms with E-state index in [0.717, 1.165) is 11.1 Å². The van der Waals surface area contributed by atoms with Gasteiger partial charge in [0.25, 0.3) is 0 Å². The summed E-state index contributed by atoms with van der Waals surface area (Å²) in [4.78, 5) is 31.8. The van der Waals surface area contributed by atoms with Crippen molar-refractivity contribution in [1.29, 1.82) is 0 Å². The lowest BCUT2D eigenvalue weighted by molar-refractivity contribution is -0.128. The van der Waals surface area contributed by atoms with Crippen LogP contribution in [0.3, 0.4) is 0 Å². The number of aliphatic imine (C=N–C) groups is 1. The number of benzene rings is 2. The van der Waals surface area contributed by atoms with Crippen LogP contribution in [0.25, 0.3) is 0 Å². The van der Waals surface area contributed by atoms with E-state index in [1.54, 1.807) is 36.3 Å². The Labute approximate surface area is 196 Å². The highest BCUT2D eigenvalue weighted by atomic mass is 35.5. The third-order valence-electron chi connectivity index (χ3n) is 4.83. The normalized spacial score (nSPS) is 17.5. The molecular weight excluding hydrogens is 457 g/mol. The number of methoxy groups -OCH3 is 1. The Morgan fingerprint density at radius 1 is 1.23 bits per heavy atom. The summed E-state index contributed by atoms with van der Waals surface area (Å²) < 4.78 is 5.13. The molecule has 31 heavy (non-hydrogen) atoms. The lowest BCUT2D eigenvalue weighted by Gasteiger charge is -2.16. The number of rotatable bonds is 7. The molecule has 6 nitrogen and oxygen atoms in total. The summed E-state index contributed by atoms with van der Waals surface area (Å²) in [5, 5.41) is 3.97. The molecular formula is C22H23Cl2N3O3S. The second kappa shape index (κ2) is 10.5. The van der Waals surface area contributed by atoms with Crippen molar-refractivity contribution in [1.82, 2.24) is 4.90 Å². The van der Waals surface area contributed by atoms with Crippen LogP contribution in [0.4, 0.5) is 11.4 Å². The molecule has 1 saturated heterocycles.